The van der Waals surface area contributed by atoms with Gasteiger partial charge in [-0.1, -0.05) is 13.8 Å². The average Bonchev–Trinajstić information content (AvgIpc) is 3.26. The second-order valence-corrected chi connectivity index (χ2v) is 8.60. The number of nitrogens with zero attached hydrogens (tertiary/aromatic N) is 6. The Morgan fingerprint density at radius 2 is 2.21 bits per heavy atom. The molecule has 1 aliphatic carbocycles. The Kier molecular flexibility index (Phi) is 4.16. The molecule has 0 unspecified atom stereocenters. The Morgan fingerprint density at radius 3 is 2.97 bits per heavy atom. The van der Waals surface area contributed by atoms with Gasteiger partial charge in [0.25, 0.3) is 5.56 Å². The first-order valence-corrected chi connectivity index (χ1v) is 10.3. The molecular formula is C19H19N7O2S. The predicted octanol–water partition coefficient (Wildman–Crippen LogP) is 2.54. The Hall–Kier alpha value is -3.14. The Morgan fingerprint density at radius 1 is 1.38 bits per heavy atom. The molecule has 1 fully saturated rings. The molecule has 5 rings (SSSR count). The smallest absolute Gasteiger partial charge is 0.286 e. The molecule has 0 saturated heterocycles. The van der Waals surface area contributed by atoms with Crippen LogP contribution in [0.5, 0.6) is 0 Å². The molecule has 1 aliphatic rings. The molecule has 0 spiro atoms. The minimum absolute atomic E-state index is 0.0944. The molecule has 4 aromatic heterocycles. The third-order valence-corrected chi connectivity index (χ3v) is 6.10. The molecule has 0 aliphatic heterocycles. The molecule has 10 heteroatoms. The molecule has 1 amide bonds. The van der Waals surface area contributed by atoms with Crippen molar-refractivity contribution in [2.45, 2.75) is 45.1 Å². The van der Waals surface area contributed by atoms with Crippen LogP contribution in [0.25, 0.3) is 15.9 Å². The zero-order valence-electron chi connectivity index (χ0n) is 16.0. The quantitative estimate of drug-likeness (QED) is 0.543. The van der Waals surface area contributed by atoms with E-state index in [0.717, 1.165) is 23.5 Å². The SMILES string of the molecule is CC(C)c1nn(CC(=O)Nc2ccn3cnnc3c2)c(=O)c2sc(C3CC3)nc12. The second kappa shape index (κ2) is 6.73. The van der Waals surface area contributed by atoms with Gasteiger partial charge in [-0.2, -0.15) is 5.10 Å². The first-order chi connectivity index (χ1) is 14.0. The summed E-state index contributed by atoms with van der Waals surface area (Å²) in [5.41, 5.74) is 2.38. The molecule has 4 heterocycles. The summed E-state index contributed by atoms with van der Waals surface area (Å²) < 4.78 is 3.58. The van der Waals surface area contributed by atoms with Crippen molar-refractivity contribution in [1.29, 1.82) is 0 Å². The monoisotopic (exact) mass is 409 g/mol. The van der Waals surface area contributed by atoms with Crippen molar-refractivity contribution in [3.63, 3.8) is 0 Å². The molecule has 4 aromatic rings. The van der Waals surface area contributed by atoms with Crippen LogP contribution in [0.3, 0.4) is 0 Å². The van der Waals surface area contributed by atoms with Crippen molar-refractivity contribution in [2.75, 3.05) is 5.32 Å². The largest absolute Gasteiger partial charge is 0.324 e. The van der Waals surface area contributed by atoms with Gasteiger partial charge in [0.2, 0.25) is 5.91 Å². The second-order valence-electron chi connectivity index (χ2n) is 7.57. The van der Waals surface area contributed by atoms with E-state index < -0.39 is 0 Å². The van der Waals surface area contributed by atoms with Gasteiger partial charge in [-0.15, -0.1) is 21.5 Å². The topological polar surface area (TPSA) is 107 Å². The summed E-state index contributed by atoms with van der Waals surface area (Å²) in [5.74, 6) is 0.233. The predicted molar refractivity (Wildman–Crippen MR) is 109 cm³/mol. The van der Waals surface area contributed by atoms with Crippen molar-refractivity contribution in [2.24, 2.45) is 0 Å². The number of carbonyl (C=O) groups excluding carboxylic acids is 1. The molecule has 148 valence electrons. The summed E-state index contributed by atoms with van der Waals surface area (Å²) in [6.07, 6.45) is 5.58. The molecule has 9 nitrogen and oxygen atoms in total. The van der Waals surface area contributed by atoms with E-state index in [2.05, 4.69) is 20.6 Å². The Labute approximate surface area is 169 Å². The van der Waals surface area contributed by atoms with Crippen LogP contribution < -0.4 is 10.9 Å². The summed E-state index contributed by atoms with van der Waals surface area (Å²) >= 11 is 1.44. The van der Waals surface area contributed by atoms with E-state index in [4.69, 9.17) is 4.98 Å². The van der Waals surface area contributed by atoms with Crippen molar-refractivity contribution in [1.82, 2.24) is 29.4 Å². The first-order valence-electron chi connectivity index (χ1n) is 9.50. The summed E-state index contributed by atoms with van der Waals surface area (Å²) in [6.45, 7) is 3.87. The minimum atomic E-state index is -0.329. The number of hydrogen-bond acceptors (Lipinski definition) is 7. The summed E-state index contributed by atoms with van der Waals surface area (Å²) in [6, 6.07) is 3.47. The van der Waals surface area contributed by atoms with E-state index in [9.17, 15) is 9.59 Å². The van der Waals surface area contributed by atoms with E-state index in [0.29, 0.717) is 27.5 Å². The number of thiazole rings is 1. The number of rotatable bonds is 5. The van der Waals surface area contributed by atoms with Gasteiger partial charge in [0.1, 0.15) is 23.1 Å². The standard InChI is InChI=1S/C19H19N7O2S/c1-10(2)15-16-17(29-18(22-16)11-3-4-11)19(28)26(24-15)8-14(27)21-12-5-6-25-9-20-23-13(25)7-12/h5-7,9-11H,3-4,8H2,1-2H3,(H,21,27). The van der Waals surface area contributed by atoms with Crippen LogP contribution in [0.1, 0.15) is 49.2 Å². The molecular weight excluding hydrogens is 390 g/mol. The number of carbonyl (C=O) groups is 1. The number of pyridine rings is 1. The maximum atomic E-state index is 13.0. The maximum absolute atomic E-state index is 13.0. The number of amides is 1. The molecule has 29 heavy (non-hydrogen) atoms. The van der Waals surface area contributed by atoms with Gasteiger partial charge in [0.15, 0.2) is 5.65 Å². The van der Waals surface area contributed by atoms with Crippen molar-refractivity contribution < 1.29 is 4.79 Å². The van der Waals surface area contributed by atoms with Crippen LogP contribution in [0.15, 0.2) is 29.5 Å². The molecule has 0 aromatic carbocycles. The lowest BCUT2D eigenvalue weighted by Gasteiger charge is -2.11. The third kappa shape index (κ3) is 3.29. The van der Waals surface area contributed by atoms with Gasteiger partial charge in [0.05, 0.1) is 10.7 Å². The zero-order chi connectivity index (χ0) is 20.1. The maximum Gasteiger partial charge on any atom is 0.286 e. The lowest BCUT2D eigenvalue weighted by molar-refractivity contribution is -0.117. The van der Waals surface area contributed by atoms with E-state index in [1.807, 2.05) is 13.8 Å². The van der Waals surface area contributed by atoms with Gasteiger partial charge in [0, 0.05) is 23.9 Å². The lowest BCUT2D eigenvalue weighted by atomic mass is 10.1. The van der Waals surface area contributed by atoms with Crippen LogP contribution in [0.4, 0.5) is 5.69 Å². The molecule has 1 saturated carbocycles. The number of aromatic nitrogens is 6. The van der Waals surface area contributed by atoms with Gasteiger partial charge in [-0.3, -0.25) is 14.0 Å². The number of anilines is 1. The molecule has 0 radical (unpaired) electrons. The number of nitrogens with one attached hydrogen (secondary N) is 1. The van der Waals surface area contributed by atoms with Gasteiger partial charge >= 0.3 is 0 Å². The van der Waals surface area contributed by atoms with Crippen molar-refractivity contribution in [3.8, 4) is 0 Å². The van der Waals surface area contributed by atoms with Gasteiger partial charge < -0.3 is 5.32 Å². The van der Waals surface area contributed by atoms with E-state index >= 15 is 0 Å². The molecule has 0 bridgehead atoms. The molecule has 0 atom stereocenters. The van der Waals surface area contributed by atoms with Crippen LogP contribution in [0.2, 0.25) is 0 Å². The van der Waals surface area contributed by atoms with Crippen LogP contribution in [-0.2, 0) is 11.3 Å². The zero-order valence-corrected chi connectivity index (χ0v) is 16.8. The van der Waals surface area contributed by atoms with Gasteiger partial charge in [-0.05, 0) is 24.8 Å². The fraction of sp³-hybridized carbons (Fsp3) is 0.368. The fourth-order valence-corrected chi connectivity index (χ4v) is 4.42. The highest BCUT2D eigenvalue weighted by Crippen LogP contribution is 2.43. The Balaban J connectivity index is 1.46. The minimum Gasteiger partial charge on any atom is -0.324 e. The number of hydrogen-bond donors (Lipinski definition) is 1. The first kappa shape index (κ1) is 17.9. The number of fused-ring (bicyclic) bond motifs is 2. The molecule has 1 N–H and O–H groups in total. The van der Waals surface area contributed by atoms with Gasteiger partial charge in [-0.25, -0.2) is 9.67 Å². The summed E-state index contributed by atoms with van der Waals surface area (Å²) in [5, 5.41) is 16.1. The highest BCUT2D eigenvalue weighted by molar-refractivity contribution is 7.18. The summed E-state index contributed by atoms with van der Waals surface area (Å²) in [7, 11) is 0. The highest BCUT2D eigenvalue weighted by Gasteiger charge is 2.29. The fourth-order valence-electron chi connectivity index (χ4n) is 3.23. The van der Waals surface area contributed by atoms with E-state index in [1.165, 1.54) is 16.0 Å². The average molecular weight is 409 g/mol. The Bertz CT molecular complexity index is 1300. The van der Waals surface area contributed by atoms with Crippen LogP contribution in [0, 0.1) is 0 Å². The normalized spacial score (nSPS) is 14.2. The van der Waals surface area contributed by atoms with Crippen LogP contribution in [-0.4, -0.2) is 35.3 Å². The van der Waals surface area contributed by atoms with E-state index in [1.54, 1.807) is 29.1 Å². The highest BCUT2D eigenvalue weighted by atomic mass is 32.1. The summed E-state index contributed by atoms with van der Waals surface area (Å²) in [4.78, 5) is 30.2. The third-order valence-electron chi connectivity index (χ3n) is 4.89. The van der Waals surface area contributed by atoms with Crippen molar-refractivity contribution in [3.05, 3.63) is 45.7 Å². The van der Waals surface area contributed by atoms with Crippen molar-refractivity contribution >= 4 is 38.8 Å². The lowest BCUT2D eigenvalue weighted by Crippen LogP contribution is -2.30. The van der Waals surface area contributed by atoms with Crippen LogP contribution >= 0.6 is 11.3 Å². The van der Waals surface area contributed by atoms with E-state index in [-0.39, 0.29) is 23.9 Å².